The number of piperidine rings is 1. The molecule has 2 aromatic rings. The van der Waals surface area contributed by atoms with E-state index in [1.165, 1.54) is 12.8 Å². The van der Waals surface area contributed by atoms with Crippen molar-refractivity contribution in [2.45, 2.75) is 89.4 Å². The molecule has 166 valence electrons. The van der Waals surface area contributed by atoms with Gasteiger partial charge in [0.1, 0.15) is 18.1 Å². The normalized spacial score (nSPS) is 24.3. The van der Waals surface area contributed by atoms with Crippen LogP contribution < -0.4 is 5.32 Å². The number of aromatic nitrogens is 3. The Morgan fingerprint density at radius 1 is 1.29 bits per heavy atom. The van der Waals surface area contributed by atoms with Gasteiger partial charge in [0.05, 0.1) is 12.1 Å². The lowest BCUT2D eigenvalue weighted by molar-refractivity contribution is -0.120. The van der Waals surface area contributed by atoms with Gasteiger partial charge in [-0.1, -0.05) is 19.9 Å². The van der Waals surface area contributed by atoms with Crippen LogP contribution in [0.25, 0.3) is 0 Å². The van der Waals surface area contributed by atoms with Crippen LogP contribution in [-0.2, 0) is 4.79 Å². The Balaban J connectivity index is 1.42. The molecule has 2 aromatic heterocycles. The van der Waals surface area contributed by atoms with E-state index in [1.807, 2.05) is 17.5 Å². The van der Waals surface area contributed by atoms with Gasteiger partial charge in [0.15, 0.2) is 0 Å². The van der Waals surface area contributed by atoms with Crippen LogP contribution in [0.4, 0.5) is 0 Å². The van der Waals surface area contributed by atoms with Gasteiger partial charge in [-0.05, 0) is 50.5 Å². The first-order valence-corrected chi connectivity index (χ1v) is 12.2. The van der Waals surface area contributed by atoms with Crippen molar-refractivity contribution in [1.82, 2.24) is 25.0 Å². The maximum absolute atomic E-state index is 12.1. The Bertz CT molecular complexity index is 917. The molecule has 4 rings (SSSR count). The molecule has 2 unspecified atom stereocenters. The topological polar surface area (TPSA) is 86.8 Å². The summed E-state index contributed by atoms with van der Waals surface area (Å²) in [5.41, 5.74) is 0. The molecule has 2 fully saturated rings. The lowest BCUT2D eigenvalue weighted by Gasteiger charge is -2.40. The summed E-state index contributed by atoms with van der Waals surface area (Å²) in [5, 5.41) is 22.8. The van der Waals surface area contributed by atoms with E-state index in [0.717, 1.165) is 42.3 Å². The standard InChI is InChI=1S/C23H32N6OS/c1-15(2)23-27-26-16(3)29(23)19-13-17-6-7-18(14-19)28(17)11-9-20(21-5-4-12-31-21)25-22(30)8-10-24/h4-5,12,15,17-20H,6-9,11,13-14H2,1-3H3,(H,25,30)/t17?,18?,19?,20-/m0/s1. The van der Waals surface area contributed by atoms with Gasteiger partial charge in [-0.3, -0.25) is 9.69 Å². The molecule has 2 saturated heterocycles. The summed E-state index contributed by atoms with van der Waals surface area (Å²) in [6.45, 7) is 7.42. The Morgan fingerprint density at radius 3 is 2.65 bits per heavy atom. The molecule has 8 heteroatoms. The van der Waals surface area contributed by atoms with Crippen molar-refractivity contribution in [2.24, 2.45) is 0 Å². The van der Waals surface area contributed by atoms with E-state index < -0.39 is 0 Å². The highest BCUT2D eigenvalue weighted by atomic mass is 32.1. The predicted molar refractivity (Wildman–Crippen MR) is 121 cm³/mol. The third-order valence-electron chi connectivity index (χ3n) is 6.77. The number of carbonyl (C=O) groups excluding carboxylic acids is 1. The number of amides is 1. The van der Waals surface area contributed by atoms with Crippen molar-refractivity contribution >= 4 is 17.2 Å². The van der Waals surface area contributed by atoms with Crippen LogP contribution in [0.15, 0.2) is 17.5 Å². The molecule has 4 heterocycles. The number of rotatable bonds is 8. The fraction of sp³-hybridized carbons (Fsp3) is 0.652. The van der Waals surface area contributed by atoms with Crippen LogP contribution in [0.5, 0.6) is 0 Å². The molecule has 0 spiro atoms. The zero-order valence-electron chi connectivity index (χ0n) is 18.6. The maximum Gasteiger partial charge on any atom is 0.234 e. The molecule has 2 bridgehead atoms. The first-order valence-electron chi connectivity index (χ1n) is 11.3. The number of hydrogen-bond acceptors (Lipinski definition) is 6. The van der Waals surface area contributed by atoms with E-state index in [4.69, 9.17) is 5.26 Å². The van der Waals surface area contributed by atoms with Gasteiger partial charge in [-0.2, -0.15) is 5.26 Å². The number of aryl methyl sites for hydroxylation is 1. The van der Waals surface area contributed by atoms with Crippen LogP contribution in [0.3, 0.4) is 0 Å². The fourth-order valence-electron chi connectivity index (χ4n) is 5.42. The number of thiophene rings is 1. The second-order valence-electron chi connectivity index (χ2n) is 9.14. The minimum Gasteiger partial charge on any atom is -0.348 e. The van der Waals surface area contributed by atoms with E-state index >= 15 is 0 Å². The number of nitriles is 1. The maximum atomic E-state index is 12.1. The molecule has 1 N–H and O–H groups in total. The average molecular weight is 441 g/mol. The highest BCUT2D eigenvalue weighted by molar-refractivity contribution is 7.10. The summed E-state index contributed by atoms with van der Waals surface area (Å²) in [4.78, 5) is 15.9. The number of carbonyl (C=O) groups is 1. The summed E-state index contributed by atoms with van der Waals surface area (Å²) in [6.07, 6.45) is 5.54. The molecule has 31 heavy (non-hydrogen) atoms. The van der Waals surface area contributed by atoms with Gasteiger partial charge in [-0.25, -0.2) is 0 Å². The van der Waals surface area contributed by atoms with Crippen LogP contribution >= 0.6 is 11.3 Å². The SMILES string of the molecule is Cc1nnc(C(C)C)n1C1CC2CCC(C1)N2CC[C@H](NC(=O)CC#N)c1cccs1. The zero-order valence-corrected chi connectivity index (χ0v) is 19.4. The Labute approximate surface area is 188 Å². The van der Waals surface area contributed by atoms with Crippen molar-refractivity contribution in [3.05, 3.63) is 34.0 Å². The highest BCUT2D eigenvalue weighted by Crippen LogP contribution is 2.42. The molecule has 3 atom stereocenters. The largest absolute Gasteiger partial charge is 0.348 e. The van der Waals surface area contributed by atoms with E-state index in [9.17, 15) is 4.79 Å². The summed E-state index contributed by atoms with van der Waals surface area (Å²) >= 11 is 1.67. The van der Waals surface area contributed by atoms with Crippen molar-refractivity contribution in [3.8, 4) is 6.07 Å². The fourth-order valence-corrected chi connectivity index (χ4v) is 6.23. The van der Waals surface area contributed by atoms with Gasteiger partial charge in [0.2, 0.25) is 5.91 Å². The van der Waals surface area contributed by atoms with Crippen molar-refractivity contribution in [2.75, 3.05) is 6.54 Å². The summed E-state index contributed by atoms with van der Waals surface area (Å²) in [7, 11) is 0. The van der Waals surface area contributed by atoms with Crippen molar-refractivity contribution in [3.63, 3.8) is 0 Å². The molecular weight excluding hydrogens is 408 g/mol. The van der Waals surface area contributed by atoms with Gasteiger partial charge < -0.3 is 9.88 Å². The minimum atomic E-state index is -0.188. The average Bonchev–Trinajstić information content (AvgIpc) is 3.44. The lowest BCUT2D eigenvalue weighted by Crippen LogP contribution is -2.45. The second-order valence-corrected chi connectivity index (χ2v) is 10.1. The van der Waals surface area contributed by atoms with E-state index in [0.29, 0.717) is 24.0 Å². The van der Waals surface area contributed by atoms with Gasteiger partial charge in [-0.15, -0.1) is 21.5 Å². The number of fused-ring (bicyclic) bond motifs is 2. The monoisotopic (exact) mass is 440 g/mol. The summed E-state index contributed by atoms with van der Waals surface area (Å²) in [5.74, 6) is 2.32. The van der Waals surface area contributed by atoms with Gasteiger partial charge in [0.25, 0.3) is 0 Å². The summed E-state index contributed by atoms with van der Waals surface area (Å²) in [6, 6.07) is 7.65. The van der Waals surface area contributed by atoms with Crippen molar-refractivity contribution < 1.29 is 4.79 Å². The first kappa shape index (κ1) is 22.0. The summed E-state index contributed by atoms with van der Waals surface area (Å²) < 4.78 is 2.39. The Kier molecular flexibility index (Phi) is 6.73. The molecule has 2 aliphatic rings. The molecule has 0 radical (unpaired) electrons. The third kappa shape index (κ3) is 4.68. The molecule has 0 aliphatic carbocycles. The van der Waals surface area contributed by atoms with E-state index in [-0.39, 0.29) is 18.4 Å². The van der Waals surface area contributed by atoms with E-state index in [2.05, 4.69) is 51.8 Å². The molecule has 7 nitrogen and oxygen atoms in total. The number of nitrogens with zero attached hydrogens (tertiary/aromatic N) is 5. The van der Waals surface area contributed by atoms with Crippen LogP contribution in [0.1, 0.15) is 86.9 Å². The Morgan fingerprint density at radius 2 is 2.03 bits per heavy atom. The highest BCUT2D eigenvalue weighted by Gasteiger charge is 2.42. The molecular formula is C23H32N6OS. The first-order chi connectivity index (χ1) is 15.0. The molecule has 1 amide bonds. The minimum absolute atomic E-state index is 0.0226. The lowest BCUT2D eigenvalue weighted by atomic mass is 9.95. The number of nitrogens with one attached hydrogen (secondary N) is 1. The zero-order chi connectivity index (χ0) is 22.0. The quantitative estimate of drug-likeness (QED) is 0.668. The molecule has 0 aromatic carbocycles. The number of hydrogen-bond donors (Lipinski definition) is 1. The van der Waals surface area contributed by atoms with Gasteiger partial charge >= 0.3 is 0 Å². The smallest absolute Gasteiger partial charge is 0.234 e. The van der Waals surface area contributed by atoms with Gasteiger partial charge in [0, 0.05) is 35.5 Å². The molecule has 2 aliphatic heterocycles. The van der Waals surface area contributed by atoms with Crippen molar-refractivity contribution in [1.29, 1.82) is 5.26 Å². The van der Waals surface area contributed by atoms with E-state index in [1.54, 1.807) is 11.3 Å². The van der Waals surface area contributed by atoms with Crippen LogP contribution in [0, 0.1) is 18.3 Å². The van der Waals surface area contributed by atoms with Crippen LogP contribution in [-0.4, -0.2) is 44.2 Å². The Hall–Kier alpha value is -2.24. The molecule has 0 saturated carbocycles. The predicted octanol–water partition coefficient (Wildman–Crippen LogP) is 4.10. The second kappa shape index (κ2) is 9.49. The van der Waals surface area contributed by atoms with Crippen LogP contribution in [0.2, 0.25) is 0 Å². The third-order valence-corrected chi connectivity index (χ3v) is 7.76.